The number of hydrogen-bond acceptors (Lipinski definition) is 9. The minimum absolute atomic E-state index is 0.0122. The Kier molecular flexibility index (Phi) is 17.9. The average molecular weight is 883 g/mol. The smallest absolute Gasteiger partial charge is 0.207 e. The lowest BCUT2D eigenvalue weighted by atomic mass is 9.65. The van der Waals surface area contributed by atoms with E-state index in [9.17, 15) is 15.3 Å². The summed E-state index contributed by atoms with van der Waals surface area (Å²) in [5, 5.41) is 43.5. The topological polar surface area (TPSA) is 154 Å². The first-order chi connectivity index (χ1) is 31.0. The van der Waals surface area contributed by atoms with Gasteiger partial charge in [0.2, 0.25) is 5.96 Å². The number of nitrogens with one attached hydrogen (secondary N) is 3. The molecular formula is C53H78N4O7. The number of aromatic hydroxyl groups is 2. The van der Waals surface area contributed by atoms with Crippen molar-refractivity contribution in [3.05, 3.63) is 53.6 Å². The van der Waals surface area contributed by atoms with Crippen LogP contribution in [0.4, 0.5) is 5.69 Å². The number of phenols is 2. The predicted molar refractivity (Wildman–Crippen MR) is 256 cm³/mol. The molecule has 3 fully saturated rings. The normalized spacial score (nSPS) is 26.6. The Morgan fingerprint density at radius 3 is 2.52 bits per heavy atom. The number of aliphatic imine (C=N–C) groups is 1. The molecule has 0 saturated heterocycles. The zero-order chi connectivity index (χ0) is 45.6. The third-order valence-corrected chi connectivity index (χ3v) is 15.1. The summed E-state index contributed by atoms with van der Waals surface area (Å²) in [4.78, 5) is 19.6. The van der Waals surface area contributed by atoms with E-state index in [1.165, 1.54) is 6.42 Å². The molecule has 6 N–H and O–H groups in total. The van der Waals surface area contributed by atoms with Gasteiger partial charge in [-0.1, -0.05) is 89.7 Å². The molecule has 4 aliphatic rings. The number of likely N-dealkylation sites (N-methyl/N-ethyl adjacent to an activating group) is 1. The van der Waals surface area contributed by atoms with E-state index in [0.29, 0.717) is 62.0 Å². The Morgan fingerprint density at radius 2 is 1.77 bits per heavy atom. The Labute approximate surface area is 383 Å². The van der Waals surface area contributed by atoms with Crippen molar-refractivity contribution in [2.75, 3.05) is 39.7 Å². The van der Waals surface area contributed by atoms with Gasteiger partial charge in [-0.05, 0) is 130 Å². The van der Waals surface area contributed by atoms with Gasteiger partial charge in [0.25, 0.3) is 0 Å². The molecule has 0 aromatic heterocycles. The van der Waals surface area contributed by atoms with Crippen LogP contribution >= 0.6 is 0 Å². The maximum Gasteiger partial charge on any atom is 0.207 e. The van der Waals surface area contributed by atoms with Crippen molar-refractivity contribution in [2.24, 2.45) is 28.2 Å². The number of nitrogens with zero attached hydrogens (tertiary/aromatic N) is 1. The van der Waals surface area contributed by atoms with E-state index in [4.69, 9.17) is 14.2 Å². The summed E-state index contributed by atoms with van der Waals surface area (Å²) in [5.41, 5.74) is 0.952. The summed E-state index contributed by atoms with van der Waals surface area (Å²) < 4.78 is 18.5. The largest absolute Gasteiger partial charge is 0.504 e. The number of guanidine groups is 1. The molecule has 6 atom stereocenters. The number of benzene rings is 2. The fraction of sp³-hybridized carbons (Fsp3) is 0.660. The van der Waals surface area contributed by atoms with Crippen molar-refractivity contribution in [1.82, 2.24) is 10.6 Å². The molecule has 2 aromatic carbocycles. The Bertz CT molecular complexity index is 1970. The van der Waals surface area contributed by atoms with E-state index in [0.717, 1.165) is 114 Å². The number of ether oxygens (including phenoxy) is 3. The number of phenolic OH excluding ortho intramolecular Hbond substituents is 2. The fourth-order valence-corrected chi connectivity index (χ4v) is 11.7. The van der Waals surface area contributed by atoms with Gasteiger partial charge in [-0.15, -0.1) is 0 Å². The number of aliphatic hydroxyl groups is 1. The Hall–Kier alpha value is -4.24. The van der Waals surface area contributed by atoms with E-state index < -0.39 is 17.3 Å². The third-order valence-electron chi connectivity index (χ3n) is 15.1. The number of ketones is 1. The summed E-state index contributed by atoms with van der Waals surface area (Å²) in [7, 11) is 5.18. The summed E-state index contributed by atoms with van der Waals surface area (Å²) >= 11 is 0. The van der Waals surface area contributed by atoms with Gasteiger partial charge in [0.1, 0.15) is 5.60 Å². The zero-order valence-corrected chi connectivity index (χ0v) is 39.5. The number of carbonyl (C=O) groups excluding carboxylic acids is 1. The molecular weight excluding hydrogens is 805 g/mol. The Morgan fingerprint density at radius 1 is 0.969 bits per heavy atom. The van der Waals surface area contributed by atoms with Crippen LogP contribution in [0.15, 0.2) is 47.5 Å². The second kappa shape index (κ2) is 23.3. The van der Waals surface area contributed by atoms with Crippen LogP contribution < -0.4 is 25.4 Å². The molecule has 0 amide bonds. The average Bonchev–Trinajstić information content (AvgIpc) is 4.05. The second-order valence-electron chi connectivity index (χ2n) is 19.4. The number of anilines is 1. The van der Waals surface area contributed by atoms with Crippen molar-refractivity contribution in [3.8, 4) is 35.0 Å². The number of fused-ring (bicyclic) bond motifs is 4. The van der Waals surface area contributed by atoms with Gasteiger partial charge in [0, 0.05) is 49.9 Å². The first kappa shape index (κ1) is 49.2. The molecule has 2 aromatic rings. The molecule has 352 valence electrons. The van der Waals surface area contributed by atoms with Gasteiger partial charge in [-0.3, -0.25) is 15.1 Å². The number of hydrogen-bond donors (Lipinski definition) is 6. The molecule has 1 heterocycles. The van der Waals surface area contributed by atoms with Crippen molar-refractivity contribution in [1.29, 1.82) is 0 Å². The van der Waals surface area contributed by atoms with Crippen molar-refractivity contribution >= 4 is 17.4 Å². The van der Waals surface area contributed by atoms with E-state index >= 15 is 4.79 Å². The van der Waals surface area contributed by atoms with Gasteiger partial charge in [-0.25, -0.2) is 0 Å². The molecule has 64 heavy (non-hydrogen) atoms. The molecule has 3 saturated carbocycles. The maximum atomic E-state index is 15.1. The van der Waals surface area contributed by atoms with E-state index in [1.807, 2.05) is 25.3 Å². The van der Waals surface area contributed by atoms with Crippen LogP contribution in [0.1, 0.15) is 153 Å². The lowest BCUT2D eigenvalue weighted by Crippen LogP contribution is -2.43. The van der Waals surface area contributed by atoms with Gasteiger partial charge in [-0.2, -0.15) is 0 Å². The lowest BCUT2D eigenvalue weighted by molar-refractivity contribution is -0.125. The van der Waals surface area contributed by atoms with E-state index in [2.05, 4.69) is 65.0 Å². The van der Waals surface area contributed by atoms with Gasteiger partial charge >= 0.3 is 0 Å². The number of allylic oxidation sites excluding steroid dienone is 2. The molecule has 6 unspecified atom stereocenters. The van der Waals surface area contributed by atoms with Crippen LogP contribution in [-0.4, -0.2) is 73.3 Å². The highest BCUT2D eigenvalue weighted by Gasteiger charge is 2.49. The van der Waals surface area contributed by atoms with Crippen LogP contribution in [0, 0.1) is 35.1 Å². The highest BCUT2D eigenvalue weighted by atomic mass is 16.6. The summed E-state index contributed by atoms with van der Waals surface area (Å²) in [5.74, 6) is 5.09. The minimum Gasteiger partial charge on any atom is -0.504 e. The second-order valence-corrected chi connectivity index (χ2v) is 19.4. The first-order valence-electron chi connectivity index (χ1n) is 24.6. The minimum atomic E-state index is -0.815. The molecule has 0 radical (unpaired) electrons. The summed E-state index contributed by atoms with van der Waals surface area (Å²) in [6.07, 6.45) is 22.5. The molecule has 2 bridgehead atoms. The standard InChI is InChI=1S/C53H78N4O7/c1-6-8-10-14-30-63-48(60)32-39-24-28-51(35-39,37-54-3)64-46-34-42-33-43(49(46)61)57-50(55-4)56-29-16-19-40-18-15-27-53(40,36-38-20-22-44(58)45(31-38)62-5)47(59)23-21-41(17-11-9-7-2)52(42)25-12-13-26-52/h20-23,31,33-34,39-41,48,54,58,60-61H,6-15,17-19,24-28,30,32,35-37H2,1-5H3,(H2,55,56,57). The molecule has 3 aliphatic carbocycles. The molecule has 1 spiro atoms. The number of rotatable bonds is 19. The molecule has 11 nitrogen and oxygen atoms in total. The first-order valence-corrected chi connectivity index (χ1v) is 24.6. The van der Waals surface area contributed by atoms with Crippen molar-refractivity contribution in [3.63, 3.8) is 0 Å². The van der Waals surface area contributed by atoms with Crippen LogP contribution in [0.2, 0.25) is 0 Å². The fourth-order valence-electron chi connectivity index (χ4n) is 11.7. The number of aliphatic hydroxyl groups excluding tert-OH is 1. The number of methoxy groups -OCH3 is 1. The maximum absolute atomic E-state index is 15.1. The van der Waals surface area contributed by atoms with Gasteiger partial charge in [0.15, 0.2) is 35.1 Å². The SMILES string of the molecule is CCCCCCOC(O)CC1CCC(CNC)(Oc2cc3cc(c2O)NC(=NC)NC#CCC2CCCC2(Cc2ccc(O)c(OC)c2)C(=O)C=CC(CCCCC)C32CCCC2)C1. The third kappa shape index (κ3) is 11.8. The quantitative estimate of drug-likeness (QED) is 0.0348. The highest BCUT2D eigenvalue weighted by molar-refractivity contribution is 5.97. The van der Waals surface area contributed by atoms with Crippen molar-refractivity contribution < 1.29 is 34.3 Å². The van der Waals surface area contributed by atoms with Crippen LogP contribution in [0.25, 0.3) is 0 Å². The molecule has 6 rings (SSSR count). The van der Waals surface area contributed by atoms with Crippen LogP contribution in [0.5, 0.6) is 23.0 Å². The lowest BCUT2D eigenvalue weighted by Gasteiger charge is -2.39. The van der Waals surface area contributed by atoms with E-state index in [1.54, 1.807) is 20.2 Å². The number of carbonyl (C=O) groups is 1. The van der Waals surface area contributed by atoms with Crippen LogP contribution in [-0.2, 0) is 21.4 Å². The predicted octanol–water partition coefficient (Wildman–Crippen LogP) is 10.1. The zero-order valence-electron chi connectivity index (χ0n) is 39.5. The molecule has 1 aliphatic heterocycles. The van der Waals surface area contributed by atoms with Gasteiger partial charge in [0.05, 0.1) is 12.8 Å². The number of unbranched alkanes of at least 4 members (excludes halogenated alkanes) is 5. The van der Waals surface area contributed by atoms with Gasteiger partial charge < -0.3 is 40.2 Å². The summed E-state index contributed by atoms with van der Waals surface area (Å²) in [6.45, 7) is 5.56. The van der Waals surface area contributed by atoms with Crippen LogP contribution in [0.3, 0.4) is 0 Å². The van der Waals surface area contributed by atoms with E-state index in [-0.39, 0.29) is 40.5 Å². The molecule has 11 heteroatoms. The monoisotopic (exact) mass is 883 g/mol. The Balaban J connectivity index is 1.39. The highest BCUT2D eigenvalue weighted by Crippen LogP contribution is 2.54. The summed E-state index contributed by atoms with van der Waals surface area (Å²) in [6, 6.07) is 12.7. The van der Waals surface area contributed by atoms with Crippen molar-refractivity contribution in [2.45, 2.75) is 166 Å².